The minimum atomic E-state index is -0.444. The highest BCUT2D eigenvalue weighted by molar-refractivity contribution is 6.32. The molecule has 3 aliphatic rings. The van der Waals surface area contributed by atoms with Gasteiger partial charge in [-0.25, -0.2) is 0 Å². The van der Waals surface area contributed by atoms with Crippen molar-refractivity contribution in [2.24, 2.45) is 0 Å². The van der Waals surface area contributed by atoms with Gasteiger partial charge in [-0.2, -0.15) is 0 Å². The van der Waals surface area contributed by atoms with Crippen LogP contribution in [0.2, 0.25) is 10.0 Å². The molecule has 0 bridgehead atoms. The van der Waals surface area contributed by atoms with E-state index < -0.39 is 5.92 Å². The third-order valence-corrected chi connectivity index (χ3v) is 7.16. The molecule has 1 N–H and O–H groups in total. The Bertz CT molecular complexity index is 1210. The predicted molar refractivity (Wildman–Crippen MR) is 131 cm³/mol. The van der Waals surface area contributed by atoms with E-state index in [0.29, 0.717) is 45.5 Å². The Balaban J connectivity index is 1.56. The van der Waals surface area contributed by atoms with Gasteiger partial charge in [0.25, 0.3) is 0 Å². The fourth-order valence-corrected chi connectivity index (χ4v) is 5.63. The Morgan fingerprint density at radius 1 is 0.941 bits per heavy atom. The quantitative estimate of drug-likeness (QED) is 0.526. The van der Waals surface area contributed by atoms with Gasteiger partial charge in [-0.1, -0.05) is 35.3 Å². The van der Waals surface area contributed by atoms with Crippen LogP contribution in [0.1, 0.15) is 55.6 Å². The molecule has 2 aromatic rings. The zero-order valence-electron chi connectivity index (χ0n) is 18.9. The van der Waals surface area contributed by atoms with Crippen molar-refractivity contribution in [1.29, 1.82) is 0 Å². The number of benzene rings is 2. The van der Waals surface area contributed by atoms with Gasteiger partial charge in [-0.05, 0) is 61.1 Å². The van der Waals surface area contributed by atoms with Crippen LogP contribution in [0.25, 0.3) is 0 Å². The van der Waals surface area contributed by atoms with Crippen LogP contribution in [0.5, 0.6) is 11.5 Å². The summed E-state index contributed by atoms with van der Waals surface area (Å²) < 4.78 is 11.7. The molecular formula is C27H25Cl2NO4. The Hall–Kier alpha value is -2.76. The van der Waals surface area contributed by atoms with E-state index in [9.17, 15) is 9.59 Å². The second-order valence-corrected chi connectivity index (χ2v) is 9.69. The summed E-state index contributed by atoms with van der Waals surface area (Å²) in [6.45, 7) is 0.269. The van der Waals surface area contributed by atoms with E-state index in [-0.39, 0.29) is 18.2 Å². The maximum absolute atomic E-state index is 13.1. The van der Waals surface area contributed by atoms with E-state index in [2.05, 4.69) is 5.32 Å². The van der Waals surface area contributed by atoms with Gasteiger partial charge in [0, 0.05) is 46.3 Å². The van der Waals surface area contributed by atoms with E-state index in [4.69, 9.17) is 32.7 Å². The lowest BCUT2D eigenvalue weighted by Gasteiger charge is -2.37. The fraction of sp³-hybridized carbons (Fsp3) is 0.333. The van der Waals surface area contributed by atoms with E-state index in [1.54, 1.807) is 19.2 Å². The van der Waals surface area contributed by atoms with Crippen LogP contribution in [-0.2, 0) is 16.2 Å². The molecule has 176 valence electrons. The molecule has 0 aromatic heterocycles. The van der Waals surface area contributed by atoms with Crippen molar-refractivity contribution in [1.82, 2.24) is 5.32 Å². The van der Waals surface area contributed by atoms with Gasteiger partial charge >= 0.3 is 0 Å². The lowest BCUT2D eigenvalue weighted by molar-refractivity contribution is -0.116. The molecule has 0 amide bonds. The van der Waals surface area contributed by atoms with Crippen LogP contribution >= 0.6 is 23.2 Å². The smallest absolute Gasteiger partial charge is 0.180 e. The first-order valence-corrected chi connectivity index (χ1v) is 12.3. The summed E-state index contributed by atoms with van der Waals surface area (Å²) in [6.07, 6.45) is 4.20. The molecule has 0 unspecified atom stereocenters. The summed E-state index contributed by atoms with van der Waals surface area (Å²) in [5, 5.41) is 4.43. The zero-order valence-corrected chi connectivity index (χ0v) is 20.4. The number of nitrogens with one attached hydrogen (secondary N) is 1. The molecule has 2 aliphatic carbocycles. The SMILES string of the molecule is COc1cc(C2C3=C(CCCC3=O)NC3=C2C(=O)CCC3)cc(Cl)c1OCc1cccc(Cl)c1. The largest absolute Gasteiger partial charge is 0.493 e. The van der Waals surface area contributed by atoms with Crippen LogP contribution in [0.3, 0.4) is 0 Å². The van der Waals surface area contributed by atoms with Crippen molar-refractivity contribution < 1.29 is 19.1 Å². The Morgan fingerprint density at radius 3 is 2.24 bits per heavy atom. The normalized spacial score (nSPS) is 18.4. The molecule has 34 heavy (non-hydrogen) atoms. The number of halogens is 2. The number of hydrogen-bond acceptors (Lipinski definition) is 5. The van der Waals surface area contributed by atoms with Crippen molar-refractivity contribution in [2.45, 2.75) is 51.0 Å². The summed E-state index contributed by atoms with van der Waals surface area (Å²) in [7, 11) is 1.55. The molecule has 5 rings (SSSR count). The number of ether oxygens (including phenoxy) is 2. The van der Waals surface area contributed by atoms with E-state index in [0.717, 1.165) is 48.2 Å². The fourth-order valence-electron chi connectivity index (χ4n) is 5.15. The number of methoxy groups -OCH3 is 1. The summed E-state index contributed by atoms with van der Waals surface area (Å²) in [6, 6.07) is 11.1. The van der Waals surface area contributed by atoms with Crippen LogP contribution in [0, 0.1) is 0 Å². The number of hydrogen-bond donors (Lipinski definition) is 1. The lowest BCUT2D eigenvalue weighted by Crippen LogP contribution is -2.36. The van der Waals surface area contributed by atoms with Gasteiger partial charge in [-0.15, -0.1) is 0 Å². The van der Waals surface area contributed by atoms with Crippen molar-refractivity contribution in [3.63, 3.8) is 0 Å². The number of dihydropyridines is 1. The molecule has 5 nitrogen and oxygen atoms in total. The summed E-state index contributed by atoms with van der Waals surface area (Å²) in [4.78, 5) is 26.1. The molecule has 1 aliphatic heterocycles. The third-order valence-electron chi connectivity index (χ3n) is 6.65. The van der Waals surface area contributed by atoms with Crippen molar-refractivity contribution in [3.8, 4) is 11.5 Å². The van der Waals surface area contributed by atoms with E-state index >= 15 is 0 Å². The minimum Gasteiger partial charge on any atom is -0.493 e. The molecule has 0 saturated carbocycles. The van der Waals surface area contributed by atoms with Crippen molar-refractivity contribution in [2.75, 3.05) is 7.11 Å². The number of allylic oxidation sites excluding steroid dienone is 4. The number of ketones is 2. The molecule has 1 heterocycles. The Morgan fingerprint density at radius 2 is 1.62 bits per heavy atom. The highest BCUT2D eigenvalue weighted by Gasteiger charge is 2.40. The second kappa shape index (κ2) is 9.47. The monoisotopic (exact) mass is 497 g/mol. The maximum atomic E-state index is 13.1. The van der Waals surface area contributed by atoms with Crippen molar-refractivity contribution >= 4 is 34.8 Å². The zero-order chi connectivity index (χ0) is 23.8. The summed E-state index contributed by atoms with van der Waals surface area (Å²) in [5.74, 6) is 0.592. The molecule has 2 aromatic carbocycles. The topological polar surface area (TPSA) is 64.6 Å². The summed E-state index contributed by atoms with van der Waals surface area (Å²) in [5.41, 5.74) is 4.91. The first-order chi connectivity index (χ1) is 16.5. The Kier molecular flexibility index (Phi) is 6.41. The highest BCUT2D eigenvalue weighted by atomic mass is 35.5. The van der Waals surface area contributed by atoms with Crippen LogP contribution in [0.4, 0.5) is 0 Å². The predicted octanol–water partition coefficient (Wildman–Crippen LogP) is 6.28. The van der Waals surface area contributed by atoms with Crippen LogP contribution in [0.15, 0.2) is 58.9 Å². The lowest BCUT2D eigenvalue weighted by atomic mass is 9.71. The van der Waals surface area contributed by atoms with E-state index in [1.165, 1.54) is 0 Å². The highest BCUT2D eigenvalue weighted by Crippen LogP contribution is 2.48. The molecule has 7 heteroatoms. The van der Waals surface area contributed by atoms with Crippen molar-refractivity contribution in [3.05, 3.63) is 80.1 Å². The number of Topliss-reactive ketones (excluding diaryl/α,β-unsaturated/α-hetero) is 2. The Labute approximate surface area is 208 Å². The first-order valence-electron chi connectivity index (χ1n) is 11.5. The number of rotatable bonds is 5. The number of carbonyl (C=O) groups excluding carboxylic acids is 2. The summed E-state index contributed by atoms with van der Waals surface area (Å²) >= 11 is 12.8. The van der Waals surface area contributed by atoms with Crippen LogP contribution < -0.4 is 14.8 Å². The standard InChI is InChI=1S/C27H25Cl2NO4/c1-33-23-13-16(12-18(29)27(23)34-14-15-5-2-6-17(28)11-15)24-25-19(7-3-9-21(25)31)30-20-8-4-10-22(32)26(20)24/h2,5-6,11-13,24,30H,3-4,7-10,14H2,1H3. The average Bonchev–Trinajstić information content (AvgIpc) is 2.82. The molecule has 0 spiro atoms. The molecule has 0 atom stereocenters. The second-order valence-electron chi connectivity index (χ2n) is 8.85. The van der Waals surface area contributed by atoms with Gasteiger partial charge in [0.1, 0.15) is 6.61 Å². The van der Waals surface area contributed by atoms with Gasteiger partial charge < -0.3 is 14.8 Å². The third kappa shape index (κ3) is 4.23. The van der Waals surface area contributed by atoms with Gasteiger partial charge in [0.15, 0.2) is 23.1 Å². The average molecular weight is 498 g/mol. The maximum Gasteiger partial charge on any atom is 0.180 e. The number of carbonyl (C=O) groups is 2. The molecule has 0 radical (unpaired) electrons. The van der Waals surface area contributed by atoms with Gasteiger partial charge in [0.2, 0.25) is 0 Å². The minimum absolute atomic E-state index is 0.0834. The van der Waals surface area contributed by atoms with Crippen LogP contribution in [-0.4, -0.2) is 18.7 Å². The van der Waals surface area contributed by atoms with Gasteiger partial charge in [-0.3, -0.25) is 9.59 Å². The van der Waals surface area contributed by atoms with E-state index in [1.807, 2.05) is 24.3 Å². The first kappa shape index (κ1) is 23.0. The molecule has 0 saturated heterocycles. The molecular weight excluding hydrogens is 473 g/mol. The molecule has 0 fully saturated rings. The van der Waals surface area contributed by atoms with Gasteiger partial charge in [0.05, 0.1) is 12.1 Å².